The summed E-state index contributed by atoms with van der Waals surface area (Å²) in [6.07, 6.45) is 0. The van der Waals surface area contributed by atoms with E-state index in [0.29, 0.717) is 21.3 Å². The lowest BCUT2D eigenvalue weighted by Gasteiger charge is -2.11. The number of carbonyl (C=O) groups excluding carboxylic acids is 1. The fourth-order valence-corrected chi connectivity index (χ4v) is 2.07. The highest BCUT2D eigenvalue weighted by Crippen LogP contribution is 2.38. The molecule has 15 heavy (non-hydrogen) atoms. The smallest absolute Gasteiger partial charge is 0.177 e. The number of phenolic OH excluding ortho intramolecular Hbond substituents is 1. The van der Waals surface area contributed by atoms with Gasteiger partial charge in [-0.15, -0.1) is 0 Å². The van der Waals surface area contributed by atoms with Crippen LogP contribution in [0.3, 0.4) is 0 Å². The second kappa shape index (κ2) is 4.63. The zero-order valence-electron chi connectivity index (χ0n) is 8.50. The van der Waals surface area contributed by atoms with Crippen LogP contribution in [0.15, 0.2) is 10.5 Å². The van der Waals surface area contributed by atoms with E-state index in [1.807, 2.05) is 0 Å². The monoisotopic (exact) mass is 273 g/mol. The number of Topliss-reactive ketones (excluding diaryl/α,β-unsaturated/α-hetero) is 1. The molecule has 1 rings (SSSR count). The topological polar surface area (TPSA) is 72.5 Å². The molecule has 0 amide bonds. The van der Waals surface area contributed by atoms with Gasteiger partial charge in [-0.25, -0.2) is 0 Å². The van der Waals surface area contributed by atoms with Gasteiger partial charge in [0.05, 0.1) is 18.1 Å². The standard InChI is InChI=1S/C10H12BrNO3/c1-5-3-7(15-2)10(14)9(11)8(5)6(13)4-12/h3,14H,4,12H2,1-2H3. The van der Waals surface area contributed by atoms with E-state index in [4.69, 9.17) is 10.5 Å². The summed E-state index contributed by atoms with van der Waals surface area (Å²) in [5.74, 6) is 0.0187. The number of hydrogen-bond donors (Lipinski definition) is 2. The Morgan fingerprint density at radius 3 is 2.73 bits per heavy atom. The number of rotatable bonds is 3. The zero-order chi connectivity index (χ0) is 11.6. The molecule has 0 unspecified atom stereocenters. The molecule has 0 aromatic heterocycles. The molecule has 3 N–H and O–H groups in total. The van der Waals surface area contributed by atoms with Crippen LogP contribution in [0.25, 0.3) is 0 Å². The highest BCUT2D eigenvalue weighted by Gasteiger charge is 2.18. The lowest BCUT2D eigenvalue weighted by Crippen LogP contribution is -2.15. The van der Waals surface area contributed by atoms with E-state index in [9.17, 15) is 9.90 Å². The van der Waals surface area contributed by atoms with E-state index in [1.165, 1.54) is 7.11 Å². The van der Waals surface area contributed by atoms with Gasteiger partial charge in [-0.05, 0) is 34.5 Å². The van der Waals surface area contributed by atoms with Gasteiger partial charge in [0.25, 0.3) is 0 Å². The summed E-state index contributed by atoms with van der Waals surface area (Å²) in [5, 5.41) is 9.68. The summed E-state index contributed by atoms with van der Waals surface area (Å²) in [4.78, 5) is 11.5. The maximum absolute atomic E-state index is 11.5. The maximum Gasteiger partial charge on any atom is 0.177 e. The lowest BCUT2D eigenvalue weighted by molar-refractivity contribution is 0.0999. The van der Waals surface area contributed by atoms with Crippen molar-refractivity contribution in [2.45, 2.75) is 6.92 Å². The van der Waals surface area contributed by atoms with E-state index in [0.717, 1.165) is 0 Å². The second-order valence-corrected chi connectivity index (χ2v) is 3.85. The molecule has 82 valence electrons. The zero-order valence-corrected chi connectivity index (χ0v) is 10.1. The molecule has 0 aliphatic carbocycles. The van der Waals surface area contributed by atoms with Crippen molar-refractivity contribution in [2.75, 3.05) is 13.7 Å². The van der Waals surface area contributed by atoms with Crippen LogP contribution < -0.4 is 10.5 Å². The highest BCUT2D eigenvalue weighted by atomic mass is 79.9. The van der Waals surface area contributed by atoms with E-state index in [-0.39, 0.29) is 18.1 Å². The average molecular weight is 274 g/mol. The molecule has 0 aliphatic heterocycles. The predicted octanol–water partition coefficient (Wildman–Crippen LogP) is 1.61. The van der Waals surface area contributed by atoms with Crippen molar-refractivity contribution in [2.24, 2.45) is 5.73 Å². The third kappa shape index (κ3) is 2.13. The molecule has 0 saturated carbocycles. The van der Waals surface area contributed by atoms with Crippen molar-refractivity contribution < 1.29 is 14.6 Å². The number of ketones is 1. The molecular weight excluding hydrogens is 262 g/mol. The number of aryl methyl sites for hydroxylation is 1. The first kappa shape index (κ1) is 12.0. The third-order valence-corrected chi connectivity index (χ3v) is 2.86. The van der Waals surface area contributed by atoms with Crippen molar-refractivity contribution >= 4 is 21.7 Å². The van der Waals surface area contributed by atoms with Gasteiger partial charge in [-0.2, -0.15) is 0 Å². The molecule has 1 aromatic rings. The fraction of sp³-hybridized carbons (Fsp3) is 0.300. The summed E-state index contributed by atoms with van der Waals surface area (Å²) < 4.78 is 5.28. The summed E-state index contributed by atoms with van der Waals surface area (Å²) in [5.41, 5.74) is 6.39. The highest BCUT2D eigenvalue weighted by molar-refractivity contribution is 9.10. The normalized spacial score (nSPS) is 10.1. The van der Waals surface area contributed by atoms with Gasteiger partial charge >= 0.3 is 0 Å². The summed E-state index contributed by atoms with van der Waals surface area (Å²) in [6.45, 7) is 1.67. The minimum Gasteiger partial charge on any atom is -0.503 e. The van der Waals surface area contributed by atoms with Crippen molar-refractivity contribution in [1.29, 1.82) is 0 Å². The summed E-state index contributed by atoms with van der Waals surface area (Å²) in [7, 11) is 1.45. The number of carbonyl (C=O) groups is 1. The number of hydrogen-bond acceptors (Lipinski definition) is 4. The van der Waals surface area contributed by atoms with Crippen LogP contribution in [0.1, 0.15) is 15.9 Å². The van der Waals surface area contributed by atoms with Crippen LogP contribution in [0, 0.1) is 6.92 Å². The lowest BCUT2D eigenvalue weighted by atomic mass is 10.0. The predicted molar refractivity (Wildman–Crippen MR) is 60.5 cm³/mol. The Morgan fingerprint density at radius 1 is 1.67 bits per heavy atom. The van der Waals surface area contributed by atoms with E-state index in [2.05, 4.69) is 15.9 Å². The molecular formula is C10H12BrNO3. The molecule has 0 atom stereocenters. The maximum atomic E-state index is 11.5. The average Bonchev–Trinajstić information content (AvgIpc) is 2.23. The van der Waals surface area contributed by atoms with E-state index < -0.39 is 0 Å². The Labute approximate surface area is 96.2 Å². The Morgan fingerprint density at radius 2 is 2.27 bits per heavy atom. The van der Waals surface area contributed by atoms with Gasteiger partial charge in [-0.3, -0.25) is 4.79 Å². The van der Waals surface area contributed by atoms with Gasteiger partial charge in [0.1, 0.15) is 0 Å². The number of methoxy groups -OCH3 is 1. The SMILES string of the molecule is COc1cc(C)c(C(=O)CN)c(Br)c1O. The van der Waals surface area contributed by atoms with Crippen molar-refractivity contribution in [3.8, 4) is 11.5 Å². The Bertz CT molecular complexity index is 404. The number of halogens is 1. The molecule has 0 heterocycles. The van der Waals surface area contributed by atoms with Gasteiger partial charge in [-0.1, -0.05) is 0 Å². The second-order valence-electron chi connectivity index (χ2n) is 3.06. The first-order valence-electron chi connectivity index (χ1n) is 4.32. The first-order chi connectivity index (χ1) is 7.02. The van der Waals surface area contributed by atoms with Crippen LogP contribution >= 0.6 is 15.9 Å². The minimum absolute atomic E-state index is 0.0834. The first-order valence-corrected chi connectivity index (χ1v) is 5.11. The van der Waals surface area contributed by atoms with Crippen molar-refractivity contribution in [1.82, 2.24) is 0 Å². The Balaban J connectivity index is 3.42. The minimum atomic E-state index is -0.225. The van der Waals surface area contributed by atoms with Crippen LogP contribution in [-0.4, -0.2) is 24.5 Å². The molecule has 0 fully saturated rings. The van der Waals surface area contributed by atoms with E-state index in [1.54, 1.807) is 13.0 Å². The molecule has 1 aromatic carbocycles. The molecule has 0 radical (unpaired) electrons. The molecule has 0 aliphatic rings. The quantitative estimate of drug-likeness (QED) is 0.821. The number of ether oxygens (including phenoxy) is 1. The number of aromatic hydroxyl groups is 1. The molecule has 0 saturated heterocycles. The third-order valence-electron chi connectivity index (χ3n) is 2.09. The van der Waals surface area contributed by atoms with Gasteiger partial charge in [0.15, 0.2) is 17.3 Å². The van der Waals surface area contributed by atoms with Crippen LogP contribution in [0.2, 0.25) is 0 Å². The summed E-state index contributed by atoms with van der Waals surface area (Å²) >= 11 is 3.16. The van der Waals surface area contributed by atoms with Crippen LogP contribution in [-0.2, 0) is 0 Å². The van der Waals surface area contributed by atoms with E-state index >= 15 is 0 Å². The van der Waals surface area contributed by atoms with Crippen LogP contribution in [0.4, 0.5) is 0 Å². The number of phenols is 1. The van der Waals surface area contributed by atoms with Crippen molar-refractivity contribution in [3.05, 3.63) is 21.7 Å². The molecule has 0 spiro atoms. The Hall–Kier alpha value is -1.07. The Kier molecular flexibility index (Phi) is 3.71. The number of benzene rings is 1. The van der Waals surface area contributed by atoms with Gasteiger partial charge in [0, 0.05) is 5.56 Å². The van der Waals surface area contributed by atoms with Crippen molar-refractivity contribution in [3.63, 3.8) is 0 Å². The fourth-order valence-electron chi connectivity index (χ4n) is 1.34. The molecule has 5 heteroatoms. The van der Waals surface area contributed by atoms with Crippen LogP contribution in [0.5, 0.6) is 11.5 Å². The molecule has 0 bridgehead atoms. The summed E-state index contributed by atoms with van der Waals surface area (Å²) in [6, 6.07) is 1.60. The largest absolute Gasteiger partial charge is 0.503 e. The molecule has 4 nitrogen and oxygen atoms in total. The van der Waals surface area contributed by atoms with Gasteiger partial charge < -0.3 is 15.6 Å². The number of nitrogens with two attached hydrogens (primary N) is 1. The van der Waals surface area contributed by atoms with Gasteiger partial charge in [0.2, 0.25) is 0 Å².